The van der Waals surface area contributed by atoms with Crippen molar-refractivity contribution in [1.82, 2.24) is 0 Å². The van der Waals surface area contributed by atoms with Crippen LogP contribution in [0.3, 0.4) is 0 Å². The monoisotopic (exact) mass is 413 g/mol. The van der Waals surface area contributed by atoms with E-state index in [1.807, 2.05) is 0 Å². The summed E-state index contributed by atoms with van der Waals surface area (Å²) in [4.78, 5) is 24.6. The maximum atomic E-state index is 12.8. The van der Waals surface area contributed by atoms with Gasteiger partial charge in [-0.3, -0.25) is 8.67 Å². The first-order valence-electron chi connectivity index (χ1n) is 9.09. The van der Waals surface area contributed by atoms with Crippen molar-refractivity contribution < 1.29 is 36.9 Å². The summed E-state index contributed by atoms with van der Waals surface area (Å²) in [7, 11) is -4.28. The van der Waals surface area contributed by atoms with Crippen molar-refractivity contribution in [3.63, 3.8) is 0 Å². The van der Waals surface area contributed by atoms with Gasteiger partial charge in [-0.25, -0.2) is 4.79 Å². The summed E-state index contributed by atoms with van der Waals surface area (Å²) in [6.45, 7) is 8.03. The van der Waals surface area contributed by atoms with E-state index >= 15 is 0 Å². The highest BCUT2D eigenvalue weighted by atomic mass is 32.2. The minimum atomic E-state index is -4.28. The summed E-state index contributed by atoms with van der Waals surface area (Å²) in [5.41, 5.74) is -2.21. The van der Waals surface area contributed by atoms with Gasteiger partial charge in [-0.15, -0.1) is 0 Å². The number of aliphatic carboxylic acids is 1. The minimum absolute atomic E-state index is 0.0452. The molecule has 0 radical (unpaired) electrons. The van der Waals surface area contributed by atoms with Crippen LogP contribution in [0.1, 0.15) is 46.1 Å². The van der Waals surface area contributed by atoms with Crippen LogP contribution in [0.25, 0.3) is 0 Å². The van der Waals surface area contributed by atoms with E-state index < -0.39 is 43.8 Å². The maximum Gasteiger partial charge on any atom is 0.369 e. The first kappa shape index (κ1) is 22.3. The smallest absolute Gasteiger partial charge is 0.369 e. The number of nitrogens with zero attached hydrogens (tertiary/aromatic N) is 1. The van der Waals surface area contributed by atoms with Gasteiger partial charge in [0.1, 0.15) is 6.10 Å². The third-order valence-corrected chi connectivity index (χ3v) is 7.19. The van der Waals surface area contributed by atoms with Crippen molar-refractivity contribution in [2.24, 2.45) is 0 Å². The molecular weight excluding hydrogens is 386 g/mol. The molecule has 0 bridgehead atoms. The molecule has 1 aromatic rings. The van der Waals surface area contributed by atoms with Crippen molar-refractivity contribution in [3.8, 4) is 0 Å². The van der Waals surface area contributed by atoms with E-state index in [1.54, 1.807) is 39.8 Å². The maximum absolute atomic E-state index is 12.8. The first-order chi connectivity index (χ1) is 12.8. The summed E-state index contributed by atoms with van der Waals surface area (Å²) in [6, 6.07) is 5.95. The number of hydrogen-bond acceptors (Lipinski definition) is 6. The number of aryl methyl sites for hydroxylation is 1. The minimum Gasteiger partial charge on any atom is -0.498 e. The number of benzene rings is 1. The number of carbonyl (C=O) groups is 2. The summed E-state index contributed by atoms with van der Waals surface area (Å²) >= 11 is 0. The number of amides is 1. The van der Waals surface area contributed by atoms with Crippen molar-refractivity contribution in [3.05, 3.63) is 29.8 Å². The third-order valence-electron chi connectivity index (χ3n) is 5.86. The molecule has 3 atom stereocenters. The quantitative estimate of drug-likeness (QED) is 0.576. The number of rotatable bonds is 5. The molecule has 1 aliphatic heterocycles. The molecule has 1 heterocycles. The number of likely N-dealkylation sites (tertiary alicyclic amines) is 1. The molecule has 1 saturated heterocycles. The lowest BCUT2D eigenvalue weighted by Gasteiger charge is -2.54. The van der Waals surface area contributed by atoms with Crippen LogP contribution in [0.5, 0.6) is 0 Å². The summed E-state index contributed by atoms with van der Waals surface area (Å²) < 4.78 is 30.0. The molecule has 1 N–H and O–H groups in total. The zero-order valence-electron chi connectivity index (χ0n) is 16.8. The highest BCUT2D eigenvalue weighted by molar-refractivity contribution is 7.86. The molecule has 3 unspecified atom stereocenters. The molecule has 1 fully saturated rings. The Labute approximate surface area is 165 Å². The van der Waals surface area contributed by atoms with Crippen LogP contribution in [0.15, 0.2) is 29.2 Å². The molecule has 0 aliphatic carbocycles. The van der Waals surface area contributed by atoms with Gasteiger partial charge in [-0.2, -0.15) is 8.42 Å². The average molecular weight is 413 g/mol. The van der Waals surface area contributed by atoms with E-state index in [1.165, 1.54) is 19.1 Å². The molecule has 1 aromatic carbocycles. The zero-order valence-corrected chi connectivity index (χ0v) is 17.6. The van der Waals surface area contributed by atoms with Gasteiger partial charge in [0, 0.05) is 12.8 Å². The van der Waals surface area contributed by atoms with Gasteiger partial charge in [-0.05, 0) is 39.8 Å². The Morgan fingerprint density at radius 1 is 1.29 bits per heavy atom. The van der Waals surface area contributed by atoms with E-state index in [9.17, 15) is 28.2 Å². The number of carboxylic acid groups (broad SMARTS) is 2. The topological polar surface area (TPSA) is 121 Å². The lowest BCUT2D eigenvalue weighted by molar-refractivity contribution is -0.947. The van der Waals surface area contributed by atoms with E-state index in [0.29, 0.717) is 0 Å². The normalized spacial score (nSPS) is 28.2. The molecule has 0 saturated carbocycles. The summed E-state index contributed by atoms with van der Waals surface area (Å²) in [5, 5.41) is 22.4. The first-order valence-corrected chi connectivity index (χ1v) is 10.5. The SMILES string of the molecule is CCC1(C(=O)O)C(OS(=O)(=O)c2ccc(C)cc2)CC[N+]1(C(=O)[O-])C(C)(C)C. The van der Waals surface area contributed by atoms with Crippen LogP contribution in [0.2, 0.25) is 0 Å². The van der Waals surface area contributed by atoms with Gasteiger partial charge >= 0.3 is 5.97 Å². The Kier molecular flexibility index (Phi) is 5.68. The number of quaternary nitrogens is 1. The second-order valence-electron chi connectivity index (χ2n) is 8.19. The fourth-order valence-electron chi connectivity index (χ4n) is 4.45. The Morgan fingerprint density at radius 3 is 2.21 bits per heavy atom. The molecule has 0 aromatic heterocycles. The van der Waals surface area contributed by atoms with E-state index in [-0.39, 0.29) is 24.3 Å². The van der Waals surface area contributed by atoms with Crippen molar-refractivity contribution in [2.75, 3.05) is 6.54 Å². The van der Waals surface area contributed by atoms with Gasteiger partial charge in [0.2, 0.25) is 5.54 Å². The highest BCUT2D eigenvalue weighted by Gasteiger charge is 2.71. The predicted octanol–water partition coefficient (Wildman–Crippen LogP) is 1.66. The lowest BCUT2D eigenvalue weighted by Crippen LogP contribution is -2.79. The number of carbonyl (C=O) groups excluding carboxylic acids is 1. The molecule has 9 heteroatoms. The van der Waals surface area contributed by atoms with Crippen LogP contribution >= 0.6 is 0 Å². The van der Waals surface area contributed by atoms with Gasteiger partial charge in [0.15, 0.2) is 0 Å². The molecule has 0 spiro atoms. The van der Waals surface area contributed by atoms with Crippen LogP contribution < -0.4 is 5.11 Å². The van der Waals surface area contributed by atoms with Gasteiger partial charge in [0.25, 0.3) is 16.2 Å². The van der Waals surface area contributed by atoms with Crippen LogP contribution in [0, 0.1) is 6.92 Å². The van der Waals surface area contributed by atoms with Crippen LogP contribution in [-0.2, 0) is 19.1 Å². The fraction of sp³-hybridized carbons (Fsp3) is 0.579. The fourth-order valence-corrected chi connectivity index (χ4v) is 5.59. The number of hydrogen-bond donors (Lipinski definition) is 1. The summed E-state index contributed by atoms with van der Waals surface area (Å²) in [6.07, 6.45) is -3.09. The number of carboxylic acids is 1. The van der Waals surface area contributed by atoms with E-state index in [4.69, 9.17) is 4.18 Å². The van der Waals surface area contributed by atoms with Gasteiger partial charge in [-0.1, -0.05) is 24.6 Å². The second kappa shape index (κ2) is 7.13. The van der Waals surface area contributed by atoms with Gasteiger partial charge < -0.3 is 15.0 Å². The summed E-state index contributed by atoms with van der Waals surface area (Å²) in [5.74, 6) is -1.42. The largest absolute Gasteiger partial charge is 0.498 e. The van der Waals surface area contributed by atoms with Crippen molar-refractivity contribution in [2.45, 2.75) is 69.5 Å². The van der Waals surface area contributed by atoms with Crippen molar-refractivity contribution in [1.29, 1.82) is 0 Å². The standard InChI is InChI=1S/C19H27NO7S/c1-6-19(16(21)22)15(11-12-20(19,17(23)24)18(3,4)5)27-28(25,26)14-9-7-13(2)8-10-14/h7-10,15H,6,11-12H2,1-5H3,(H-,21,22,23,24). The van der Waals surface area contributed by atoms with Crippen LogP contribution in [0.4, 0.5) is 4.79 Å². The predicted molar refractivity (Wildman–Crippen MR) is 98.8 cm³/mol. The third kappa shape index (κ3) is 3.11. The zero-order chi connectivity index (χ0) is 21.5. The Balaban J connectivity index is 2.60. The average Bonchev–Trinajstić information content (AvgIpc) is 2.90. The second-order valence-corrected chi connectivity index (χ2v) is 9.77. The Bertz CT molecular complexity index is 873. The molecule has 1 aliphatic rings. The van der Waals surface area contributed by atoms with E-state index in [0.717, 1.165) is 5.56 Å². The molecule has 2 rings (SSSR count). The van der Waals surface area contributed by atoms with E-state index in [2.05, 4.69) is 0 Å². The molecule has 8 nitrogen and oxygen atoms in total. The van der Waals surface area contributed by atoms with Crippen molar-refractivity contribution >= 4 is 22.2 Å². The van der Waals surface area contributed by atoms with Gasteiger partial charge in [0.05, 0.1) is 17.0 Å². The molecule has 156 valence electrons. The molecule has 1 amide bonds. The molecular formula is C19H27NO7S. The highest BCUT2D eigenvalue weighted by Crippen LogP contribution is 2.48. The Morgan fingerprint density at radius 2 is 1.82 bits per heavy atom. The molecule has 28 heavy (non-hydrogen) atoms. The lowest BCUT2D eigenvalue weighted by atomic mass is 9.84. The van der Waals surface area contributed by atoms with Crippen LogP contribution in [-0.4, -0.2) is 53.8 Å². The Hall–Kier alpha value is -1.97.